The van der Waals surface area contributed by atoms with E-state index in [1.54, 1.807) is 19.2 Å². The van der Waals surface area contributed by atoms with Crippen LogP contribution in [0.5, 0.6) is 0 Å². The number of halogens is 3. The van der Waals surface area contributed by atoms with E-state index in [9.17, 15) is 9.18 Å². The zero-order chi connectivity index (χ0) is 14.0. The molecule has 19 heavy (non-hydrogen) atoms. The van der Waals surface area contributed by atoms with Gasteiger partial charge in [-0.15, -0.1) is 0 Å². The molecule has 2 rings (SSSR count). The molecule has 0 fully saturated rings. The summed E-state index contributed by atoms with van der Waals surface area (Å²) in [5, 5.41) is 2.83. The summed E-state index contributed by atoms with van der Waals surface area (Å²) in [6.45, 7) is 1.80. The Kier molecular flexibility index (Phi) is 4.17. The first-order valence-corrected chi connectivity index (χ1v) is 6.53. The minimum absolute atomic E-state index is 0.194. The summed E-state index contributed by atoms with van der Waals surface area (Å²) in [6, 6.07) is 5.62. The van der Waals surface area contributed by atoms with Gasteiger partial charge in [0.25, 0.3) is 5.91 Å². The highest BCUT2D eigenvalue weighted by atomic mass is 79.9. The monoisotopic (exact) mass is 342 g/mol. The van der Waals surface area contributed by atoms with Gasteiger partial charge in [0.1, 0.15) is 5.82 Å². The van der Waals surface area contributed by atoms with Gasteiger partial charge in [-0.1, -0.05) is 11.6 Å². The van der Waals surface area contributed by atoms with E-state index in [0.29, 0.717) is 10.2 Å². The van der Waals surface area contributed by atoms with Gasteiger partial charge in [-0.25, -0.2) is 9.37 Å². The maximum atomic E-state index is 13.2. The van der Waals surface area contributed by atoms with Crippen molar-refractivity contribution in [2.24, 2.45) is 0 Å². The molecule has 0 saturated heterocycles. The summed E-state index contributed by atoms with van der Waals surface area (Å²) in [6.07, 6.45) is 1.55. The molecule has 98 valence electrons. The minimum atomic E-state index is -0.484. The summed E-state index contributed by atoms with van der Waals surface area (Å²) < 4.78 is 13.7. The van der Waals surface area contributed by atoms with Crippen molar-refractivity contribution in [1.82, 2.24) is 4.98 Å². The van der Waals surface area contributed by atoms with Gasteiger partial charge in [0.2, 0.25) is 0 Å². The van der Waals surface area contributed by atoms with Gasteiger partial charge in [0, 0.05) is 10.7 Å². The Bertz CT molecular complexity index is 628. The van der Waals surface area contributed by atoms with Crippen molar-refractivity contribution in [2.75, 3.05) is 5.32 Å². The summed E-state index contributed by atoms with van der Waals surface area (Å²) in [5.41, 5.74) is 1.39. The third-order valence-electron chi connectivity index (χ3n) is 2.52. The molecule has 3 nitrogen and oxygen atoms in total. The normalized spacial score (nSPS) is 10.3. The summed E-state index contributed by atoms with van der Waals surface area (Å²) in [4.78, 5) is 16.0. The van der Waals surface area contributed by atoms with E-state index < -0.39 is 11.7 Å². The second-order valence-electron chi connectivity index (χ2n) is 3.87. The lowest BCUT2D eigenvalue weighted by Crippen LogP contribution is -2.14. The fourth-order valence-corrected chi connectivity index (χ4v) is 2.21. The van der Waals surface area contributed by atoms with Crippen molar-refractivity contribution >= 4 is 39.1 Å². The highest BCUT2D eigenvalue weighted by Crippen LogP contribution is 2.25. The van der Waals surface area contributed by atoms with E-state index in [4.69, 9.17) is 11.6 Å². The predicted molar refractivity (Wildman–Crippen MR) is 76.0 cm³/mol. The lowest BCUT2D eigenvalue weighted by atomic mass is 10.2. The number of aromatic nitrogens is 1. The number of aryl methyl sites for hydroxylation is 1. The van der Waals surface area contributed by atoms with Crippen LogP contribution in [-0.2, 0) is 0 Å². The van der Waals surface area contributed by atoms with Crippen molar-refractivity contribution in [3.63, 3.8) is 0 Å². The zero-order valence-electron chi connectivity index (χ0n) is 9.88. The standard InChI is InChI=1S/C13H9BrClFN2O/c1-7-4-5-17-12(15)11(7)18-13(19)9-6-8(16)2-3-10(9)14/h2-6H,1H3,(H,18,19). The molecule has 0 bridgehead atoms. The Morgan fingerprint density at radius 1 is 1.42 bits per heavy atom. The topological polar surface area (TPSA) is 42.0 Å². The fourth-order valence-electron chi connectivity index (χ4n) is 1.53. The van der Waals surface area contributed by atoms with Gasteiger partial charge in [0.05, 0.1) is 11.3 Å². The second kappa shape index (κ2) is 5.67. The summed E-state index contributed by atoms with van der Waals surface area (Å²) >= 11 is 9.13. The first-order valence-electron chi connectivity index (χ1n) is 5.36. The number of pyridine rings is 1. The van der Waals surface area contributed by atoms with Crippen LogP contribution in [-0.4, -0.2) is 10.9 Å². The number of carbonyl (C=O) groups excluding carboxylic acids is 1. The number of nitrogens with one attached hydrogen (secondary N) is 1. The number of carbonyl (C=O) groups is 1. The molecule has 1 aromatic carbocycles. The Morgan fingerprint density at radius 3 is 2.84 bits per heavy atom. The smallest absolute Gasteiger partial charge is 0.257 e. The maximum absolute atomic E-state index is 13.2. The third-order valence-corrected chi connectivity index (χ3v) is 3.50. The number of hydrogen-bond donors (Lipinski definition) is 1. The molecule has 0 aliphatic heterocycles. The molecule has 0 saturated carbocycles. The lowest BCUT2D eigenvalue weighted by molar-refractivity contribution is 0.102. The second-order valence-corrected chi connectivity index (χ2v) is 5.08. The highest BCUT2D eigenvalue weighted by molar-refractivity contribution is 9.10. The van der Waals surface area contributed by atoms with Crippen LogP contribution in [0.3, 0.4) is 0 Å². The molecular weight excluding hydrogens is 335 g/mol. The Morgan fingerprint density at radius 2 is 2.16 bits per heavy atom. The Labute approximate surface area is 122 Å². The number of anilines is 1. The number of benzene rings is 1. The molecule has 0 aliphatic rings. The van der Waals surface area contributed by atoms with Crippen molar-refractivity contribution in [2.45, 2.75) is 6.92 Å². The molecule has 2 aromatic rings. The Balaban J connectivity index is 2.34. The maximum Gasteiger partial charge on any atom is 0.257 e. The number of hydrogen-bond acceptors (Lipinski definition) is 2. The quantitative estimate of drug-likeness (QED) is 0.831. The van der Waals surface area contributed by atoms with Gasteiger partial charge in [0.15, 0.2) is 5.15 Å². The van der Waals surface area contributed by atoms with Crippen molar-refractivity contribution in [3.8, 4) is 0 Å². The van der Waals surface area contributed by atoms with Gasteiger partial charge in [-0.3, -0.25) is 4.79 Å². The molecule has 6 heteroatoms. The molecule has 0 unspecified atom stereocenters. The van der Waals surface area contributed by atoms with E-state index in [2.05, 4.69) is 26.2 Å². The third kappa shape index (κ3) is 3.11. The lowest BCUT2D eigenvalue weighted by Gasteiger charge is -2.10. The van der Waals surface area contributed by atoms with Crippen LogP contribution >= 0.6 is 27.5 Å². The minimum Gasteiger partial charge on any atom is -0.319 e. The van der Waals surface area contributed by atoms with Crippen molar-refractivity contribution < 1.29 is 9.18 Å². The van der Waals surface area contributed by atoms with Crippen molar-refractivity contribution in [3.05, 3.63) is 57.0 Å². The summed E-state index contributed by atoms with van der Waals surface area (Å²) in [5.74, 6) is -0.938. The van der Waals surface area contributed by atoms with Crippen LogP contribution in [0, 0.1) is 12.7 Å². The first kappa shape index (κ1) is 14.0. The average molecular weight is 344 g/mol. The van der Waals surface area contributed by atoms with Crippen LogP contribution in [0.15, 0.2) is 34.9 Å². The highest BCUT2D eigenvalue weighted by Gasteiger charge is 2.14. The average Bonchev–Trinajstić information content (AvgIpc) is 2.37. The van der Waals surface area contributed by atoms with Crippen LogP contribution in [0.2, 0.25) is 5.15 Å². The van der Waals surface area contributed by atoms with Gasteiger partial charge in [-0.2, -0.15) is 0 Å². The van der Waals surface area contributed by atoms with Crippen LogP contribution < -0.4 is 5.32 Å². The van der Waals surface area contributed by atoms with Crippen LogP contribution in [0.1, 0.15) is 15.9 Å². The van der Waals surface area contributed by atoms with Gasteiger partial charge >= 0.3 is 0 Å². The molecule has 0 atom stereocenters. The zero-order valence-corrected chi connectivity index (χ0v) is 12.2. The molecule has 1 amide bonds. The van der Waals surface area contributed by atoms with Gasteiger partial charge in [-0.05, 0) is 52.7 Å². The number of nitrogens with zero attached hydrogens (tertiary/aromatic N) is 1. The van der Waals surface area contributed by atoms with Crippen LogP contribution in [0.25, 0.3) is 0 Å². The van der Waals surface area contributed by atoms with Crippen LogP contribution in [0.4, 0.5) is 10.1 Å². The van der Waals surface area contributed by atoms with E-state index in [1.807, 2.05) is 0 Å². The SMILES string of the molecule is Cc1ccnc(Cl)c1NC(=O)c1cc(F)ccc1Br. The molecule has 1 heterocycles. The molecule has 0 spiro atoms. The molecule has 0 radical (unpaired) electrons. The Hall–Kier alpha value is -1.46. The first-order chi connectivity index (χ1) is 8.99. The molecule has 1 N–H and O–H groups in total. The number of rotatable bonds is 2. The van der Waals surface area contributed by atoms with E-state index in [1.165, 1.54) is 12.1 Å². The van der Waals surface area contributed by atoms with E-state index in [-0.39, 0.29) is 10.7 Å². The van der Waals surface area contributed by atoms with Crippen molar-refractivity contribution in [1.29, 1.82) is 0 Å². The van der Waals surface area contributed by atoms with E-state index >= 15 is 0 Å². The van der Waals surface area contributed by atoms with E-state index in [0.717, 1.165) is 11.6 Å². The number of amides is 1. The molecular formula is C13H9BrClFN2O. The fraction of sp³-hybridized carbons (Fsp3) is 0.0769. The summed E-state index contributed by atoms with van der Waals surface area (Å²) in [7, 11) is 0. The molecule has 0 aliphatic carbocycles. The largest absolute Gasteiger partial charge is 0.319 e. The predicted octanol–water partition coefficient (Wildman–Crippen LogP) is 4.20. The van der Waals surface area contributed by atoms with Gasteiger partial charge < -0.3 is 5.32 Å². The molecule has 1 aromatic heterocycles.